The largest absolute Gasteiger partial charge is 0.381 e. The Bertz CT molecular complexity index is 622. The molecule has 28 heavy (non-hydrogen) atoms. The smallest absolute Gasteiger partial charge is 0.223 e. The van der Waals surface area contributed by atoms with Crippen LogP contribution in [0.5, 0.6) is 0 Å². The maximum absolute atomic E-state index is 12.8. The summed E-state index contributed by atoms with van der Waals surface area (Å²) >= 11 is 0. The Labute approximate surface area is 169 Å². The number of ether oxygens (including phenoxy) is 2. The van der Waals surface area contributed by atoms with Crippen LogP contribution in [0.4, 0.5) is 0 Å². The summed E-state index contributed by atoms with van der Waals surface area (Å²) in [6.45, 7) is 7.07. The van der Waals surface area contributed by atoms with Crippen LogP contribution in [0.2, 0.25) is 0 Å². The van der Waals surface area contributed by atoms with E-state index in [-0.39, 0.29) is 5.60 Å². The van der Waals surface area contributed by atoms with Gasteiger partial charge in [0.05, 0.1) is 12.2 Å². The highest BCUT2D eigenvalue weighted by Gasteiger charge is 2.41. The Morgan fingerprint density at radius 2 is 1.79 bits per heavy atom. The van der Waals surface area contributed by atoms with Crippen molar-refractivity contribution in [1.82, 2.24) is 9.80 Å². The first-order valence-electron chi connectivity index (χ1n) is 11.0. The Kier molecular flexibility index (Phi) is 6.65. The number of carbonyl (C=O) groups is 1. The highest BCUT2D eigenvalue weighted by atomic mass is 16.5. The molecule has 154 valence electrons. The molecular weight excluding hydrogens is 352 g/mol. The molecule has 4 rings (SSSR count). The molecule has 3 saturated heterocycles. The molecule has 1 spiro atoms. The third kappa shape index (κ3) is 5.13. The lowest BCUT2D eigenvalue weighted by atomic mass is 9.88. The van der Waals surface area contributed by atoms with Crippen molar-refractivity contribution in [2.45, 2.75) is 44.1 Å². The van der Waals surface area contributed by atoms with Crippen LogP contribution in [0.15, 0.2) is 30.3 Å². The standard InChI is InChI=1S/C23H34N2O3/c26-22(18-21-7-15-27-16-8-21)25-14-17-28-23(19-25)9-12-24(13-10-23)11-6-20-4-2-1-3-5-20/h1-5,21H,6-19H2. The molecule has 0 N–H and O–H groups in total. The van der Waals surface area contributed by atoms with Gasteiger partial charge in [0.25, 0.3) is 0 Å². The molecule has 1 aromatic carbocycles. The molecule has 0 radical (unpaired) electrons. The van der Waals surface area contributed by atoms with E-state index in [1.807, 2.05) is 0 Å². The lowest BCUT2D eigenvalue weighted by Crippen LogP contribution is -2.58. The second-order valence-corrected chi connectivity index (χ2v) is 8.68. The van der Waals surface area contributed by atoms with Gasteiger partial charge in [-0.2, -0.15) is 0 Å². The van der Waals surface area contributed by atoms with Crippen molar-refractivity contribution >= 4 is 5.91 Å². The molecule has 0 saturated carbocycles. The van der Waals surface area contributed by atoms with E-state index in [0.29, 0.717) is 24.9 Å². The average molecular weight is 387 g/mol. The van der Waals surface area contributed by atoms with Crippen molar-refractivity contribution in [3.8, 4) is 0 Å². The van der Waals surface area contributed by atoms with Crippen LogP contribution in [0.25, 0.3) is 0 Å². The van der Waals surface area contributed by atoms with Gasteiger partial charge in [-0.05, 0) is 43.6 Å². The highest BCUT2D eigenvalue weighted by molar-refractivity contribution is 5.76. The molecule has 3 heterocycles. The predicted octanol–water partition coefficient (Wildman–Crippen LogP) is 2.74. The summed E-state index contributed by atoms with van der Waals surface area (Å²) in [7, 11) is 0. The SMILES string of the molecule is O=C(CC1CCOCC1)N1CCOC2(CCN(CCc3ccccc3)CC2)C1. The van der Waals surface area contributed by atoms with Gasteiger partial charge in [-0.15, -0.1) is 0 Å². The third-order valence-electron chi connectivity index (χ3n) is 6.73. The van der Waals surface area contributed by atoms with Crippen LogP contribution in [-0.2, 0) is 20.7 Å². The lowest BCUT2D eigenvalue weighted by molar-refractivity contribution is -0.160. The van der Waals surface area contributed by atoms with Crippen LogP contribution in [0, 0.1) is 5.92 Å². The highest BCUT2D eigenvalue weighted by Crippen LogP contribution is 2.31. The molecule has 5 nitrogen and oxygen atoms in total. The van der Waals surface area contributed by atoms with Crippen LogP contribution in [0.3, 0.4) is 0 Å². The maximum Gasteiger partial charge on any atom is 0.223 e. The summed E-state index contributed by atoms with van der Waals surface area (Å²) < 4.78 is 11.7. The van der Waals surface area contributed by atoms with E-state index in [1.54, 1.807) is 0 Å². The van der Waals surface area contributed by atoms with Crippen molar-refractivity contribution in [3.63, 3.8) is 0 Å². The van der Waals surface area contributed by atoms with Crippen molar-refractivity contribution in [2.75, 3.05) is 52.5 Å². The third-order valence-corrected chi connectivity index (χ3v) is 6.73. The van der Waals surface area contributed by atoms with Gasteiger partial charge in [0.1, 0.15) is 0 Å². The fourth-order valence-corrected chi connectivity index (χ4v) is 4.80. The van der Waals surface area contributed by atoms with Gasteiger partial charge >= 0.3 is 0 Å². The zero-order valence-corrected chi connectivity index (χ0v) is 17.0. The normalized spacial score (nSPS) is 23.8. The van der Waals surface area contributed by atoms with E-state index in [4.69, 9.17) is 9.47 Å². The molecular formula is C23H34N2O3. The van der Waals surface area contributed by atoms with Gasteiger partial charge in [-0.1, -0.05) is 30.3 Å². The molecule has 0 unspecified atom stereocenters. The van der Waals surface area contributed by atoms with Crippen molar-refractivity contribution in [2.24, 2.45) is 5.92 Å². The van der Waals surface area contributed by atoms with Gasteiger partial charge in [-0.3, -0.25) is 4.79 Å². The molecule has 0 aliphatic carbocycles. The average Bonchev–Trinajstić information content (AvgIpc) is 2.75. The van der Waals surface area contributed by atoms with Crippen LogP contribution in [-0.4, -0.2) is 73.9 Å². The maximum atomic E-state index is 12.8. The van der Waals surface area contributed by atoms with Crippen LogP contribution < -0.4 is 0 Å². The van der Waals surface area contributed by atoms with E-state index in [9.17, 15) is 4.79 Å². The predicted molar refractivity (Wildman–Crippen MR) is 109 cm³/mol. The quantitative estimate of drug-likeness (QED) is 0.780. The van der Waals surface area contributed by atoms with Gasteiger partial charge in [0.2, 0.25) is 5.91 Å². The first kappa shape index (κ1) is 19.9. The second kappa shape index (κ2) is 9.38. The summed E-state index contributed by atoms with van der Waals surface area (Å²) in [4.78, 5) is 17.5. The number of hydrogen-bond donors (Lipinski definition) is 0. The molecule has 5 heteroatoms. The molecule has 3 fully saturated rings. The van der Waals surface area contributed by atoms with Crippen LogP contribution in [0.1, 0.15) is 37.7 Å². The molecule has 3 aliphatic heterocycles. The Morgan fingerprint density at radius 1 is 1.04 bits per heavy atom. The van der Waals surface area contributed by atoms with Crippen molar-refractivity contribution in [3.05, 3.63) is 35.9 Å². The molecule has 0 atom stereocenters. The van der Waals surface area contributed by atoms with E-state index in [2.05, 4.69) is 40.1 Å². The van der Waals surface area contributed by atoms with Crippen LogP contribution >= 0.6 is 0 Å². The number of benzene rings is 1. The Hall–Kier alpha value is -1.43. The summed E-state index contributed by atoms with van der Waals surface area (Å²) in [6.07, 6.45) is 5.90. The number of amides is 1. The molecule has 0 aromatic heterocycles. The summed E-state index contributed by atoms with van der Waals surface area (Å²) in [5.74, 6) is 0.820. The number of hydrogen-bond acceptors (Lipinski definition) is 4. The van der Waals surface area contributed by atoms with E-state index in [1.165, 1.54) is 5.56 Å². The van der Waals surface area contributed by atoms with E-state index < -0.39 is 0 Å². The lowest BCUT2D eigenvalue weighted by Gasteiger charge is -2.47. The zero-order valence-electron chi connectivity index (χ0n) is 17.0. The molecule has 3 aliphatic rings. The Morgan fingerprint density at radius 3 is 2.54 bits per heavy atom. The summed E-state index contributed by atoms with van der Waals surface area (Å²) in [5, 5.41) is 0. The molecule has 1 aromatic rings. The van der Waals surface area contributed by atoms with E-state index in [0.717, 1.165) is 78.0 Å². The van der Waals surface area contributed by atoms with Crippen molar-refractivity contribution < 1.29 is 14.3 Å². The number of carbonyl (C=O) groups excluding carboxylic acids is 1. The number of morpholine rings is 1. The zero-order chi connectivity index (χ0) is 19.2. The van der Waals surface area contributed by atoms with Gasteiger partial charge < -0.3 is 19.3 Å². The fraction of sp³-hybridized carbons (Fsp3) is 0.696. The minimum atomic E-state index is -0.118. The van der Waals surface area contributed by atoms with E-state index >= 15 is 0 Å². The minimum Gasteiger partial charge on any atom is -0.381 e. The second-order valence-electron chi connectivity index (χ2n) is 8.68. The fourth-order valence-electron chi connectivity index (χ4n) is 4.80. The number of piperidine rings is 1. The summed E-state index contributed by atoms with van der Waals surface area (Å²) in [6, 6.07) is 10.7. The monoisotopic (exact) mass is 386 g/mol. The first-order chi connectivity index (χ1) is 13.7. The number of nitrogens with zero attached hydrogens (tertiary/aromatic N) is 2. The van der Waals surface area contributed by atoms with Crippen molar-refractivity contribution in [1.29, 1.82) is 0 Å². The van der Waals surface area contributed by atoms with Gasteiger partial charge in [0.15, 0.2) is 0 Å². The summed E-state index contributed by atoms with van der Waals surface area (Å²) in [5.41, 5.74) is 1.29. The molecule has 0 bridgehead atoms. The Balaban J connectivity index is 1.24. The van der Waals surface area contributed by atoms with Gasteiger partial charge in [-0.25, -0.2) is 0 Å². The topological polar surface area (TPSA) is 42.0 Å². The first-order valence-corrected chi connectivity index (χ1v) is 11.0. The number of likely N-dealkylation sites (tertiary alicyclic amines) is 1. The molecule has 1 amide bonds. The minimum absolute atomic E-state index is 0.118. The van der Waals surface area contributed by atoms with Gasteiger partial charge in [0, 0.05) is 52.4 Å². The number of rotatable bonds is 5.